The lowest BCUT2D eigenvalue weighted by atomic mass is 10.1. The van der Waals surface area contributed by atoms with Crippen molar-refractivity contribution < 1.29 is 23.1 Å². The van der Waals surface area contributed by atoms with Gasteiger partial charge < -0.3 is 4.74 Å². The van der Waals surface area contributed by atoms with Crippen LogP contribution in [0, 0.1) is 11.6 Å². The molecule has 0 spiro atoms. The second-order valence-corrected chi connectivity index (χ2v) is 5.25. The number of nitrogens with zero attached hydrogens (tertiary/aromatic N) is 1. The number of esters is 1. The summed E-state index contributed by atoms with van der Waals surface area (Å²) < 4.78 is 31.6. The minimum atomic E-state index is -1.02. The number of ketones is 1. The molecule has 2 aromatic rings. The molecule has 0 unspecified atom stereocenters. The topological polar surface area (TPSA) is 67.8 Å². The maximum Gasteiger partial charge on any atom is 0.314 e. The molecule has 0 heterocycles. The molecule has 130 valence electrons. The summed E-state index contributed by atoms with van der Waals surface area (Å²) in [6.07, 6.45) is 0.497. The van der Waals surface area contributed by atoms with Crippen LogP contribution < -0.4 is 5.43 Å². The fraction of sp³-hybridized carbons (Fsp3) is 0.118. The van der Waals surface area contributed by atoms with E-state index in [4.69, 9.17) is 16.3 Å². The van der Waals surface area contributed by atoms with Crippen molar-refractivity contribution in [2.45, 2.75) is 6.42 Å². The summed E-state index contributed by atoms with van der Waals surface area (Å²) in [5.74, 6) is -3.94. The smallest absolute Gasteiger partial charge is 0.314 e. The zero-order valence-corrected chi connectivity index (χ0v) is 13.6. The van der Waals surface area contributed by atoms with Crippen molar-refractivity contribution in [3.63, 3.8) is 0 Å². The van der Waals surface area contributed by atoms with Crippen molar-refractivity contribution >= 4 is 35.3 Å². The molecule has 0 radical (unpaired) electrons. The minimum absolute atomic E-state index is 0.202. The van der Waals surface area contributed by atoms with Gasteiger partial charge in [-0.15, -0.1) is 0 Å². The maximum atomic E-state index is 13.4. The van der Waals surface area contributed by atoms with E-state index in [0.717, 1.165) is 18.2 Å². The number of halogens is 3. The standard InChI is InChI=1S/C17H13ClF2N2O3/c18-11-4-6-12(7-5-11)22-21-8-9-25-16(24)10-15(23)17-13(19)2-1-3-14(17)20/h1-8,22H,9-10H2. The maximum absolute atomic E-state index is 13.4. The number of benzene rings is 2. The van der Waals surface area contributed by atoms with Crippen LogP contribution in [-0.4, -0.2) is 24.6 Å². The molecule has 0 saturated carbocycles. The minimum Gasteiger partial charge on any atom is -0.459 e. The fourth-order valence-corrected chi connectivity index (χ4v) is 1.97. The molecular weight excluding hydrogens is 354 g/mol. The average molecular weight is 367 g/mol. The van der Waals surface area contributed by atoms with E-state index in [1.807, 2.05) is 0 Å². The second-order valence-electron chi connectivity index (χ2n) is 4.81. The van der Waals surface area contributed by atoms with Crippen LogP contribution in [0.3, 0.4) is 0 Å². The van der Waals surface area contributed by atoms with Gasteiger partial charge in [0, 0.05) is 5.02 Å². The van der Waals surface area contributed by atoms with E-state index in [0.29, 0.717) is 10.7 Å². The molecule has 0 saturated heterocycles. The number of anilines is 1. The second kappa shape index (κ2) is 8.89. The molecule has 0 fully saturated rings. The third-order valence-corrected chi connectivity index (χ3v) is 3.25. The number of hydrogen-bond donors (Lipinski definition) is 1. The van der Waals surface area contributed by atoms with E-state index in [9.17, 15) is 18.4 Å². The molecule has 0 aliphatic heterocycles. The highest BCUT2D eigenvalue weighted by Gasteiger charge is 2.20. The van der Waals surface area contributed by atoms with Gasteiger partial charge in [-0.25, -0.2) is 8.78 Å². The van der Waals surface area contributed by atoms with Gasteiger partial charge in [-0.1, -0.05) is 17.7 Å². The van der Waals surface area contributed by atoms with E-state index >= 15 is 0 Å². The lowest BCUT2D eigenvalue weighted by Crippen LogP contribution is -2.15. The molecule has 25 heavy (non-hydrogen) atoms. The van der Waals surface area contributed by atoms with Gasteiger partial charge in [-0.05, 0) is 36.4 Å². The van der Waals surface area contributed by atoms with Gasteiger partial charge in [0.2, 0.25) is 0 Å². The summed E-state index contributed by atoms with van der Waals surface area (Å²) in [4.78, 5) is 23.3. The summed E-state index contributed by atoms with van der Waals surface area (Å²) >= 11 is 5.74. The first-order chi connectivity index (χ1) is 12.0. The lowest BCUT2D eigenvalue weighted by Gasteiger charge is -2.04. The first-order valence-electron chi connectivity index (χ1n) is 7.13. The highest BCUT2D eigenvalue weighted by Crippen LogP contribution is 2.15. The Bertz CT molecular complexity index is 775. The molecular formula is C17H13ClF2N2O3. The van der Waals surface area contributed by atoms with Crippen LogP contribution in [-0.2, 0) is 9.53 Å². The number of rotatable bonds is 7. The number of Topliss-reactive ketones (excluding diaryl/α,β-unsaturated/α-hetero) is 1. The Kier molecular flexibility index (Phi) is 6.59. The van der Waals surface area contributed by atoms with Crippen LogP contribution in [0.2, 0.25) is 5.02 Å². The van der Waals surface area contributed by atoms with Crippen molar-refractivity contribution in [2.24, 2.45) is 5.10 Å². The molecule has 0 bridgehead atoms. The van der Waals surface area contributed by atoms with Crippen molar-refractivity contribution in [1.29, 1.82) is 0 Å². The molecule has 0 aromatic heterocycles. The normalized spacial score (nSPS) is 10.7. The summed E-state index contributed by atoms with van der Waals surface area (Å²) in [6, 6.07) is 9.76. The largest absolute Gasteiger partial charge is 0.459 e. The molecule has 0 atom stereocenters. The molecule has 2 aromatic carbocycles. The first-order valence-corrected chi connectivity index (χ1v) is 7.51. The van der Waals surface area contributed by atoms with Crippen LogP contribution in [0.15, 0.2) is 47.6 Å². The summed E-state index contributed by atoms with van der Waals surface area (Å²) in [5, 5.41) is 4.39. The molecule has 0 aliphatic carbocycles. The molecule has 8 heteroatoms. The molecule has 0 amide bonds. The van der Waals surface area contributed by atoms with Gasteiger partial charge in [0.05, 0.1) is 17.5 Å². The summed E-state index contributed by atoms with van der Waals surface area (Å²) in [6.45, 7) is -0.202. The number of carbonyl (C=O) groups excluding carboxylic acids is 2. The number of ether oxygens (including phenoxy) is 1. The van der Waals surface area contributed by atoms with Crippen molar-refractivity contribution in [1.82, 2.24) is 0 Å². The quantitative estimate of drug-likeness (QED) is 0.266. The SMILES string of the molecule is O=C(CC(=O)c1c(F)cccc1F)OCC=NNc1ccc(Cl)cc1. The Hall–Kier alpha value is -2.80. The van der Waals surface area contributed by atoms with E-state index in [-0.39, 0.29) is 6.61 Å². The predicted molar refractivity (Wildman–Crippen MR) is 89.8 cm³/mol. The van der Waals surface area contributed by atoms with Crippen LogP contribution in [0.25, 0.3) is 0 Å². The van der Waals surface area contributed by atoms with E-state index in [2.05, 4.69) is 10.5 Å². The Balaban J connectivity index is 1.78. The van der Waals surface area contributed by atoms with Gasteiger partial charge in [0.25, 0.3) is 0 Å². The zero-order chi connectivity index (χ0) is 18.2. The van der Waals surface area contributed by atoms with Crippen molar-refractivity contribution in [2.75, 3.05) is 12.0 Å². The number of carbonyl (C=O) groups is 2. The Morgan fingerprint density at radius 3 is 2.40 bits per heavy atom. The Morgan fingerprint density at radius 1 is 1.12 bits per heavy atom. The Morgan fingerprint density at radius 2 is 1.76 bits per heavy atom. The third-order valence-electron chi connectivity index (χ3n) is 2.99. The van der Waals surface area contributed by atoms with Crippen LogP contribution in [0.1, 0.15) is 16.8 Å². The average Bonchev–Trinajstić information content (AvgIpc) is 2.56. The monoisotopic (exact) mass is 366 g/mol. The number of hydrogen-bond acceptors (Lipinski definition) is 5. The van der Waals surface area contributed by atoms with Gasteiger partial charge in [-0.2, -0.15) is 5.10 Å². The number of nitrogens with one attached hydrogen (secondary N) is 1. The van der Waals surface area contributed by atoms with Gasteiger partial charge >= 0.3 is 5.97 Å². The van der Waals surface area contributed by atoms with Crippen molar-refractivity contribution in [3.8, 4) is 0 Å². The van der Waals surface area contributed by atoms with Crippen LogP contribution >= 0.6 is 11.6 Å². The van der Waals surface area contributed by atoms with E-state index < -0.39 is 35.4 Å². The van der Waals surface area contributed by atoms with Gasteiger partial charge in [0.15, 0.2) is 5.78 Å². The van der Waals surface area contributed by atoms with E-state index in [1.165, 1.54) is 6.21 Å². The first kappa shape index (κ1) is 18.5. The van der Waals surface area contributed by atoms with Crippen molar-refractivity contribution in [3.05, 3.63) is 64.7 Å². The van der Waals surface area contributed by atoms with Crippen LogP contribution in [0.5, 0.6) is 0 Å². The van der Waals surface area contributed by atoms with E-state index in [1.54, 1.807) is 24.3 Å². The predicted octanol–water partition coefficient (Wildman–Crippen LogP) is 3.83. The third kappa shape index (κ3) is 5.65. The van der Waals surface area contributed by atoms with Crippen LogP contribution in [0.4, 0.5) is 14.5 Å². The Labute approximate surface area is 147 Å². The summed E-state index contributed by atoms with van der Waals surface area (Å²) in [7, 11) is 0. The highest BCUT2D eigenvalue weighted by molar-refractivity contribution is 6.30. The van der Waals surface area contributed by atoms with Gasteiger partial charge in [-0.3, -0.25) is 15.0 Å². The van der Waals surface area contributed by atoms with Gasteiger partial charge in [0.1, 0.15) is 24.7 Å². The molecule has 1 N–H and O–H groups in total. The zero-order valence-electron chi connectivity index (χ0n) is 12.8. The lowest BCUT2D eigenvalue weighted by molar-refractivity contribution is -0.140. The highest BCUT2D eigenvalue weighted by atomic mass is 35.5. The molecule has 5 nitrogen and oxygen atoms in total. The molecule has 2 rings (SSSR count). The number of hydrazone groups is 1. The summed E-state index contributed by atoms with van der Waals surface area (Å²) in [5.41, 5.74) is 2.61. The fourth-order valence-electron chi connectivity index (χ4n) is 1.85. The molecule has 0 aliphatic rings.